The van der Waals surface area contributed by atoms with E-state index in [4.69, 9.17) is 0 Å². The molecule has 1 heterocycles. The van der Waals surface area contributed by atoms with Crippen molar-refractivity contribution in [3.05, 3.63) is 30.5 Å². The molecular formula is C15H21N3. The molecule has 0 bridgehead atoms. The second kappa shape index (κ2) is 5.80. The van der Waals surface area contributed by atoms with Gasteiger partial charge in [0.05, 0.1) is 6.20 Å². The van der Waals surface area contributed by atoms with Crippen molar-refractivity contribution in [2.45, 2.75) is 39.7 Å². The molecule has 96 valence electrons. The van der Waals surface area contributed by atoms with Crippen molar-refractivity contribution in [1.82, 2.24) is 10.2 Å². The molecule has 2 aromatic rings. The van der Waals surface area contributed by atoms with E-state index < -0.39 is 0 Å². The first-order valence-corrected chi connectivity index (χ1v) is 6.73. The van der Waals surface area contributed by atoms with Gasteiger partial charge in [-0.05, 0) is 12.8 Å². The van der Waals surface area contributed by atoms with Crippen molar-refractivity contribution in [2.24, 2.45) is 5.92 Å². The van der Waals surface area contributed by atoms with Gasteiger partial charge >= 0.3 is 0 Å². The quantitative estimate of drug-likeness (QED) is 0.866. The van der Waals surface area contributed by atoms with E-state index >= 15 is 0 Å². The summed E-state index contributed by atoms with van der Waals surface area (Å²) in [4.78, 5) is 0. The summed E-state index contributed by atoms with van der Waals surface area (Å²) in [7, 11) is 0. The average Bonchev–Trinajstić information content (AvgIpc) is 2.40. The Bertz CT molecular complexity index is 501. The zero-order chi connectivity index (χ0) is 13.0. The van der Waals surface area contributed by atoms with Crippen LogP contribution in [-0.4, -0.2) is 16.2 Å². The number of hydrogen-bond acceptors (Lipinski definition) is 3. The number of hydrogen-bond donors (Lipinski definition) is 1. The molecule has 0 saturated heterocycles. The van der Waals surface area contributed by atoms with Crippen molar-refractivity contribution in [3.63, 3.8) is 0 Å². The minimum atomic E-state index is 0.417. The molecule has 18 heavy (non-hydrogen) atoms. The minimum absolute atomic E-state index is 0.417. The Kier molecular flexibility index (Phi) is 4.13. The molecule has 0 aliphatic carbocycles. The summed E-state index contributed by atoms with van der Waals surface area (Å²) >= 11 is 0. The molecule has 0 radical (unpaired) electrons. The average molecular weight is 243 g/mol. The Labute approximate surface area is 109 Å². The van der Waals surface area contributed by atoms with Crippen LogP contribution in [0.1, 0.15) is 33.6 Å². The van der Waals surface area contributed by atoms with Crippen LogP contribution in [0.5, 0.6) is 0 Å². The van der Waals surface area contributed by atoms with Crippen LogP contribution < -0.4 is 5.32 Å². The maximum atomic E-state index is 4.24. The van der Waals surface area contributed by atoms with Crippen molar-refractivity contribution >= 4 is 16.6 Å². The molecule has 0 saturated carbocycles. The second-order valence-electron chi connectivity index (χ2n) is 4.79. The normalized spacial score (nSPS) is 12.9. The predicted molar refractivity (Wildman–Crippen MR) is 76.7 cm³/mol. The molecule has 0 fully saturated rings. The van der Waals surface area contributed by atoms with Crippen LogP contribution in [0.4, 0.5) is 5.82 Å². The van der Waals surface area contributed by atoms with Gasteiger partial charge in [0.15, 0.2) is 5.82 Å². The van der Waals surface area contributed by atoms with Crippen LogP contribution in [-0.2, 0) is 0 Å². The first-order chi connectivity index (χ1) is 8.76. The summed E-state index contributed by atoms with van der Waals surface area (Å²) in [6, 6.07) is 8.64. The molecule has 3 heteroatoms. The largest absolute Gasteiger partial charge is 0.365 e. The van der Waals surface area contributed by atoms with E-state index in [0.29, 0.717) is 12.0 Å². The molecule has 1 aromatic carbocycles. The Morgan fingerprint density at radius 2 is 1.89 bits per heavy atom. The fourth-order valence-corrected chi connectivity index (χ4v) is 2.46. The lowest BCUT2D eigenvalue weighted by atomic mass is 9.95. The molecule has 0 aliphatic heterocycles. The SMILES string of the molecule is CCC(CC)C(C)Nc1nncc2ccccc12. The number of nitrogens with one attached hydrogen (secondary N) is 1. The number of rotatable bonds is 5. The topological polar surface area (TPSA) is 37.8 Å². The molecule has 1 aromatic heterocycles. The lowest BCUT2D eigenvalue weighted by Gasteiger charge is -2.23. The summed E-state index contributed by atoms with van der Waals surface area (Å²) < 4.78 is 0. The van der Waals surface area contributed by atoms with Gasteiger partial charge in [-0.1, -0.05) is 51.0 Å². The van der Waals surface area contributed by atoms with E-state index in [-0.39, 0.29) is 0 Å². The second-order valence-corrected chi connectivity index (χ2v) is 4.79. The molecular weight excluding hydrogens is 222 g/mol. The minimum Gasteiger partial charge on any atom is -0.365 e. The maximum Gasteiger partial charge on any atom is 0.156 e. The molecule has 1 N–H and O–H groups in total. The van der Waals surface area contributed by atoms with Crippen molar-refractivity contribution in [3.8, 4) is 0 Å². The van der Waals surface area contributed by atoms with Crippen LogP contribution in [0.15, 0.2) is 30.5 Å². The number of nitrogens with zero attached hydrogens (tertiary/aromatic N) is 2. The number of aromatic nitrogens is 2. The van der Waals surface area contributed by atoms with E-state index in [1.807, 2.05) is 18.3 Å². The van der Waals surface area contributed by atoms with E-state index in [0.717, 1.165) is 16.6 Å². The van der Waals surface area contributed by atoms with E-state index in [1.54, 1.807) is 0 Å². The monoisotopic (exact) mass is 243 g/mol. The van der Waals surface area contributed by atoms with Crippen LogP contribution in [0, 0.1) is 5.92 Å². The van der Waals surface area contributed by atoms with Crippen molar-refractivity contribution in [1.29, 1.82) is 0 Å². The Hall–Kier alpha value is -1.64. The van der Waals surface area contributed by atoms with Crippen LogP contribution >= 0.6 is 0 Å². The van der Waals surface area contributed by atoms with Gasteiger partial charge in [0, 0.05) is 16.8 Å². The maximum absolute atomic E-state index is 4.24. The standard InChI is InChI=1S/C15H21N3/c1-4-12(5-2)11(3)17-15-14-9-7-6-8-13(14)10-16-18-15/h6-12H,4-5H2,1-3H3,(H,17,18). The zero-order valence-corrected chi connectivity index (χ0v) is 11.4. The first-order valence-electron chi connectivity index (χ1n) is 6.73. The highest BCUT2D eigenvalue weighted by Crippen LogP contribution is 2.22. The molecule has 1 unspecified atom stereocenters. The number of benzene rings is 1. The van der Waals surface area contributed by atoms with Crippen LogP contribution in [0.2, 0.25) is 0 Å². The van der Waals surface area contributed by atoms with Gasteiger partial charge in [0.1, 0.15) is 0 Å². The summed E-state index contributed by atoms with van der Waals surface area (Å²) in [5, 5.41) is 14.1. The van der Waals surface area contributed by atoms with Crippen LogP contribution in [0.25, 0.3) is 10.8 Å². The van der Waals surface area contributed by atoms with Gasteiger partial charge in [0.25, 0.3) is 0 Å². The number of anilines is 1. The van der Waals surface area contributed by atoms with E-state index in [9.17, 15) is 0 Å². The molecule has 1 atom stereocenters. The third-order valence-corrected chi connectivity index (χ3v) is 3.69. The molecule has 2 rings (SSSR count). The zero-order valence-electron chi connectivity index (χ0n) is 11.4. The highest BCUT2D eigenvalue weighted by Gasteiger charge is 2.14. The summed E-state index contributed by atoms with van der Waals surface area (Å²) in [6.45, 7) is 6.70. The van der Waals surface area contributed by atoms with Crippen LogP contribution in [0.3, 0.4) is 0 Å². The molecule has 0 amide bonds. The smallest absolute Gasteiger partial charge is 0.156 e. The fourth-order valence-electron chi connectivity index (χ4n) is 2.46. The Morgan fingerprint density at radius 3 is 2.61 bits per heavy atom. The van der Waals surface area contributed by atoms with Gasteiger partial charge in [-0.25, -0.2) is 0 Å². The van der Waals surface area contributed by atoms with E-state index in [2.05, 4.69) is 48.4 Å². The molecule has 0 aliphatic rings. The number of fused-ring (bicyclic) bond motifs is 1. The van der Waals surface area contributed by atoms with E-state index in [1.165, 1.54) is 12.8 Å². The summed E-state index contributed by atoms with van der Waals surface area (Å²) in [6.07, 6.45) is 4.17. The van der Waals surface area contributed by atoms with Crippen molar-refractivity contribution in [2.75, 3.05) is 5.32 Å². The van der Waals surface area contributed by atoms with Gasteiger partial charge in [-0.15, -0.1) is 5.10 Å². The molecule has 0 spiro atoms. The highest BCUT2D eigenvalue weighted by atomic mass is 15.2. The molecule has 3 nitrogen and oxygen atoms in total. The third-order valence-electron chi connectivity index (χ3n) is 3.69. The van der Waals surface area contributed by atoms with Gasteiger partial charge in [-0.2, -0.15) is 5.10 Å². The fraction of sp³-hybridized carbons (Fsp3) is 0.467. The van der Waals surface area contributed by atoms with Crippen molar-refractivity contribution < 1.29 is 0 Å². The first kappa shape index (κ1) is 12.8. The van der Waals surface area contributed by atoms with Gasteiger partial charge in [-0.3, -0.25) is 0 Å². The predicted octanol–water partition coefficient (Wildman–Crippen LogP) is 3.87. The lowest BCUT2D eigenvalue weighted by Crippen LogP contribution is -2.25. The third kappa shape index (κ3) is 2.61. The Morgan fingerprint density at radius 1 is 1.17 bits per heavy atom. The van der Waals surface area contributed by atoms with Gasteiger partial charge in [0.2, 0.25) is 0 Å². The summed E-state index contributed by atoms with van der Waals surface area (Å²) in [5.41, 5.74) is 0. The Balaban J connectivity index is 2.26. The lowest BCUT2D eigenvalue weighted by molar-refractivity contribution is 0.437. The summed E-state index contributed by atoms with van der Waals surface area (Å²) in [5.74, 6) is 1.57. The van der Waals surface area contributed by atoms with Gasteiger partial charge < -0.3 is 5.32 Å². The highest BCUT2D eigenvalue weighted by molar-refractivity contribution is 5.90.